The van der Waals surface area contributed by atoms with Crippen LogP contribution < -0.4 is 15.4 Å². The molecule has 1 amide bonds. The van der Waals surface area contributed by atoms with Gasteiger partial charge in [0.2, 0.25) is 0 Å². The summed E-state index contributed by atoms with van der Waals surface area (Å²) in [6.07, 6.45) is -0.865. The first-order valence-corrected chi connectivity index (χ1v) is 6.78. The van der Waals surface area contributed by atoms with Gasteiger partial charge in [-0.15, -0.1) is 0 Å². The van der Waals surface area contributed by atoms with Crippen molar-refractivity contribution in [3.63, 3.8) is 0 Å². The highest BCUT2D eigenvalue weighted by atomic mass is 19.1. The lowest BCUT2D eigenvalue weighted by Crippen LogP contribution is -2.44. The number of carbonyl (C=O) groups is 1. The highest BCUT2D eigenvalue weighted by Gasteiger charge is 2.35. The van der Waals surface area contributed by atoms with Crippen LogP contribution in [0.15, 0.2) is 36.4 Å². The Morgan fingerprint density at radius 1 is 1.27 bits per heavy atom. The van der Waals surface area contributed by atoms with Gasteiger partial charge in [-0.1, -0.05) is 30.3 Å². The summed E-state index contributed by atoms with van der Waals surface area (Å²) in [7, 11) is 0. The smallest absolute Gasteiger partial charge is 0.268 e. The maximum absolute atomic E-state index is 14.1. The molecule has 1 heterocycles. The molecule has 0 saturated carbocycles. The molecular formula is C16H14F2N2O2. The number of benzene rings is 2. The van der Waals surface area contributed by atoms with E-state index in [4.69, 9.17) is 10.5 Å². The number of nitrogens with two attached hydrogens (primary N) is 1. The molecule has 6 heteroatoms. The zero-order valence-corrected chi connectivity index (χ0v) is 11.8. The van der Waals surface area contributed by atoms with Crippen molar-refractivity contribution in [2.24, 2.45) is 0 Å². The third-order valence-corrected chi connectivity index (χ3v) is 3.57. The highest BCUT2D eigenvalue weighted by molar-refractivity contribution is 6.00. The number of amides is 1. The maximum atomic E-state index is 14.1. The third kappa shape index (κ3) is 2.26. The summed E-state index contributed by atoms with van der Waals surface area (Å²) in [5.74, 6) is -2.45. The molecule has 0 aromatic heterocycles. The van der Waals surface area contributed by atoms with Crippen molar-refractivity contribution in [2.75, 3.05) is 10.6 Å². The van der Waals surface area contributed by atoms with Gasteiger partial charge < -0.3 is 15.4 Å². The standard InChI is InChI=1S/C16H14F2N2O2/c1-9-16(21)20(8-10-5-3-2-4-6-10)12-7-11(17)14(19)13(18)15(12)22-9/h2-7,9H,8,19H2,1H3/t9-/m1/s1. The summed E-state index contributed by atoms with van der Waals surface area (Å²) in [5, 5.41) is 0. The van der Waals surface area contributed by atoms with Crippen molar-refractivity contribution in [1.82, 2.24) is 0 Å². The second-order valence-corrected chi connectivity index (χ2v) is 5.10. The van der Waals surface area contributed by atoms with E-state index in [-0.39, 0.29) is 23.9 Å². The minimum Gasteiger partial charge on any atom is -0.476 e. The van der Waals surface area contributed by atoms with Gasteiger partial charge in [-0.25, -0.2) is 8.78 Å². The number of nitrogens with zero attached hydrogens (tertiary/aromatic N) is 1. The molecule has 0 aliphatic carbocycles. The number of hydrogen-bond acceptors (Lipinski definition) is 3. The Morgan fingerprint density at radius 2 is 1.95 bits per heavy atom. The van der Waals surface area contributed by atoms with Gasteiger partial charge in [0.15, 0.2) is 23.5 Å². The van der Waals surface area contributed by atoms with Gasteiger partial charge in [-0.2, -0.15) is 0 Å². The first-order valence-electron chi connectivity index (χ1n) is 6.78. The zero-order chi connectivity index (χ0) is 15.9. The van der Waals surface area contributed by atoms with Gasteiger partial charge in [0.1, 0.15) is 5.69 Å². The summed E-state index contributed by atoms with van der Waals surface area (Å²) < 4.78 is 33.1. The summed E-state index contributed by atoms with van der Waals surface area (Å²) in [6.45, 7) is 1.71. The molecule has 1 aliphatic heterocycles. The largest absolute Gasteiger partial charge is 0.476 e. The van der Waals surface area contributed by atoms with Crippen molar-refractivity contribution in [1.29, 1.82) is 0 Å². The van der Waals surface area contributed by atoms with Crippen LogP contribution in [0.4, 0.5) is 20.2 Å². The highest BCUT2D eigenvalue weighted by Crippen LogP contribution is 2.40. The van der Waals surface area contributed by atoms with E-state index in [2.05, 4.69) is 0 Å². The van der Waals surface area contributed by atoms with Gasteiger partial charge >= 0.3 is 0 Å². The molecule has 4 nitrogen and oxygen atoms in total. The molecule has 0 radical (unpaired) electrons. The number of ether oxygens (including phenoxy) is 1. The Hall–Kier alpha value is -2.63. The molecule has 1 atom stereocenters. The third-order valence-electron chi connectivity index (χ3n) is 3.57. The van der Waals surface area contributed by atoms with Crippen LogP contribution in [-0.2, 0) is 11.3 Å². The summed E-state index contributed by atoms with van der Waals surface area (Å²) in [4.78, 5) is 13.6. The van der Waals surface area contributed by atoms with E-state index in [9.17, 15) is 13.6 Å². The molecule has 0 saturated heterocycles. The van der Waals surface area contributed by atoms with Crippen LogP contribution in [-0.4, -0.2) is 12.0 Å². The van der Waals surface area contributed by atoms with Crippen molar-refractivity contribution in [3.8, 4) is 5.75 Å². The molecule has 0 unspecified atom stereocenters. The molecule has 114 valence electrons. The number of fused-ring (bicyclic) bond motifs is 1. The first-order chi connectivity index (χ1) is 10.5. The minimum atomic E-state index is -0.979. The van der Waals surface area contributed by atoms with Crippen LogP contribution in [0.2, 0.25) is 0 Å². The molecule has 1 aliphatic rings. The van der Waals surface area contributed by atoms with Crippen LogP contribution in [0, 0.1) is 11.6 Å². The molecule has 0 fully saturated rings. The van der Waals surface area contributed by atoms with Gasteiger partial charge in [-0.05, 0) is 12.5 Å². The average Bonchev–Trinajstić information content (AvgIpc) is 2.52. The molecule has 0 spiro atoms. The fraction of sp³-hybridized carbons (Fsp3) is 0.188. The predicted molar refractivity (Wildman–Crippen MR) is 78.5 cm³/mol. The van der Waals surface area contributed by atoms with E-state index in [0.29, 0.717) is 0 Å². The van der Waals surface area contributed by atoms with Gasteiger partial charge in [0.25, 0.3) is 5.91 Å². The first kappa shape index (κ1) is 14.3. The van der Waals surface area contributed by atoms with Crippen LogP contribution in [0.25, 0.3) is 0 Å². The van der Waals surface area contributed by atoms with E-state index in [1.54, 1.807) is 0 Å². The molecule has 2 aromatic rings. The Labute approximate surface area is 126 Å². The fourth-order valence-electron chi connectivity index (χ4n) is 2.41. The number of anilines is 2. The summed E-state index contributed by atoms with van der Waals surface area (Å²) >= 11 is 0. The Balaban J connectivity index is 2.09. The van der Waals surface area contributed by atoms with Crippen molar-refractivity contribution >= 4 is 17.3 Å². The van der Waals surface area contributed by atoms with E-state index in [1.807, 2.05) is 30.3 Å². The Bertz CT molecular complexity index is 735. The molecular weight excluding hydrogens is 290 g/mol. The second kappa shape index (κ2) is 5.29. The van der Waals surface area contributed by atoms with Crippen LogP contribution in [0.5, 0.6) is 5.75 Å². The monoisotopic (exact) mass is 304 g/mol. The van der Waals surface area contributed by atoms with Crippen LogP contribution >= 0.6 is 0 Å². The lowest BCUT2D eigenvalue weighted by molar-refractivity contribution is -0.125. The topological polar surface area (TPSA) is 55.6 Å². The zero-order valence-electron chi connectivity index (χ0n) is 11.8. The minimum absolute atomic E-state index is 0.0520. The molecule has 22 heavy (non-hydrogen) atoms. The molecule has 2 aromatic carbocycles. The number of rotatable bonds is 2. The number of carbonyl (C=O) groups excluding carboxylic acids is 1. The molecule has 3 rings (SSSR count). The van der Waals surface area contributed by atoms with E-state index in [0.717, 1.165) is 11.6 Å². The van der Waals surface area contributed by atoms with Gasteiger partial charge in [-0.3, -0.25) is 4.79 Å². The fourth-order valence-corrected chi connectivity index (χ4v) is 2.41. The lowest BCUT2D eigenvalue weighted by Gasteiger charge is -2.33. The van der Waals surface area contributed by atoms with Crippen LogP contribution in [0.1, 0.15) is 12.5 Å². The summed E-state index contributed by atoms with van der Waals surface area (Å²) in [6, 6.07) is 10.2. The quantitative estimate of drug-likeness (QED) is 0.868. The van der Waals surface area contributed by atoms with E-state index >= 15 is 0 Å². The second-order valence-electron chi connectivity index (χ2n) is 5.10. The Morgan fingerprint density at radius 3 is 2.64 bits per heavy atom. The van der Waals surface area contributed by atoms with Crippen molar-refractivity contribution in [2.45, 2.75) is 19.6 Å². The predicted octanol–water partition coefficient (Wildman–Crippen LogP) is 2.86. The maximum Gasteiger partial charge on any atom is 0.268 e. The van der Waals surface area contributed by atoms with Gasteiger partial charge in [0, 0.05) is 6.07 Å². The number of nitrogen functional groups attached to an aromatic ring is 1. The molecule has 0 bridgehead atoms. The van der Waals surface area contributed by atoms with Crippen molar-refractivity contribution < 1.29 is 18.3 Å². The van der Waals surface area contributed by atoms with E-state index in [1.165, 1.54) is 11.8 Å². The van der Waals surface area contributed by atoms with Gasteiger partial charge in [0.05, 0.1) is 12.2 Å². The summed E-state index contributed by atoms with van der Waals surface area (Å²) in [5.41, 5.74) is 5.63. The lowest BCUT2D eigenvalue weighted by atomic mass is 10.1. The molecule has 2 N–H and O–H groups in total. The normalized spacial score (nSPS) is 17.1. The Kier molecular flexibility index (Phi) is 3.44. The number of hydrogen-bond donors (Lipinski definition) is 1. The van der Waals surface area contributed by atoms with Crippen LogP contribution in [0.3, 0.4) is 0 Å². The number of halogens is 2. The van der Waals surface area contributed by atoms with Crippen molar-refractivity contribution in [3.05, 3.63) is 53.6 Å². The van der Waals surface area contributed by atoms with E-state index < -0.39 is 23.4 Å². The average molecular weight is 304 g/mol. The SMILES string of the molecule is C[C@H]1Oc2c(cc(F)c(N)c2F)N(Cc2ccccc2)C1=O.